The van der Waals surface area contributed by atoms with E-state index >= 15 is 0 Å². The Morgan fingerprint density at radius 1 is 0.550 bits per heavy atom. The van der Waals surface area contributed by atoms with E-state index in [1.165, 1.54) is 0 Å². The molecule has 2 aromatic heterocycles. The second kappa shape index (κ2) is 10.1. The lowest BCUT2D eigenvalue weighted by molar-refractivity contribution is 0.0985. The third kappa shape index (κ3) is 4.56. The molecule has 6 rings (SSSR count). The largest absolute Gasteiger partial charge is 0.361 e. The highest BCUT2D eigenvalue weighted by atomic mass is 16.2. The normalized spacial score (nSPS) is 11.1. The number of carbonyl (C=O) groups excluding carboxylic acids is 2. The van der Waals surface area contributed by atoms with Gasteiger partial charge in [-0.3, -0.25) is 9.59 Å². The van der Waals surface area contributed by atoms with Gasteiger partial charge in [-0.05, 0) is 89.5 Å². The lowest BCUT2D eigenvalue weighted by Gasteiger charge is -2.19. The van der Waals surface area contributed by atoms with Crippen molar-refractivity contribution in [2.45, 2.75) is 0 Å². The molecule has 4 aromatic carbocycles. The number of carbonyl (C=O) groups is 2. The predicted octanol–water partition coefficient (Wildman–Crippen LogP) is 7.26. The monoisotopic (exact) mass is 524 g/mol. The van der Waals surface area contributed by atoms with Crippen molar-refractivity contribution in [3.63, 3.8) is 0 Å². The van der Waals surface area contributed by atoms with Gasteiger partial charge in [-0.2, -0.15) is 0 Å². The third-order valence-corrected chi connectivity index (χ3v) is 7.42. The summed E-state index contributed by atoms with van der Waals surface area (Å²) in [7, 11) is 3.56. The number of aromatic amines is 2. The van der Waals surface area contributed by atoms with Gasteiger partial charge < -0.3 is 19.8 Å². The van der Waals surface area contributed by atoms with Crippen LogP contribution in [0.3, 0.4) is 0 Å². The molecular weight excluding hydrogens is 496 g/mol. The first-order valence-electron chi connectivity index (χ1n) is 13.0. The van der Waals surface area contributed by atoms with E-state index in [4.69, 9.17) is 0 Å². The summed E-state index contributed by atoms with van der Waals surface area (Å²) in [5.41, 5.74) is 7.63. The zero-order chi connectivity index (χ0) is 27.8. The molecule has 2 amide bonds. The number of anilines is 2. The molecule has 0 bridgehead atoms. The van der Waals surface area contributed by atoms with Gasteiger partial charge in [-0.15, -0.1) is 0 Å². The van der Waals surface area contributed by atoms with Crippen LogP contribution in [0.5, 0.6) is 0 Å². The van der Waals surface area contributed by atoms with E-state index in [9.17, 15) is 9.59 Å². The summed E-state index contributed by atoms with van der Waals surface area (Å²) in [6.07, 6.45) is 3.73. The number of hydrogen-bond acceptors (Lipinski definition) is 2. The summed E-state index contributed by atoms with van der Waals surface area (Å²) in [6, 6.07) is 30.8. The third-order valence-electron chi connectivity index (χ3n) is 7.42. The van der Waals surface area contributed by atoms with E-state index in [0.29, 0.717) is 11.1 Å². The van der Waals surface area contributed by atoms with Gasteiger partial charge in [0.25, 0.3) is 11.8 Å². The number of nitrogens with zero attached hydrogens (tertiary/aromatic N) is 2. The van der Waals surface area contributed by atoms with Crippen molar-refractivity contribution in [1.29, 1.82) is 0 Å². The molecule has 0 aliphatic heterocycles. The van der Waals surface area contributed by atoms with Crippen LogP contribution in [0.2, 0.25) is 0 Å². The molecule has 2 N–H and O–H groups in total. The van der Waals surface area contributed by atoms with Gasteiger partial charge in [0, 0.05) is 70.8 Å². The Balaban J connectivity index is 1.14. The summed E-state index contributed by atoms with van der Waals surface area (Å²) in [5, 5.41) is 2.01. The van der Waals surface area contributed by atoms with Crippen LogP contribution in [0.1, 0.15) is 31.8 Å². The second-order valence-electron chi connectivity index (χ2n) is 9.86. The van der Waals surface area contributed by atoms with E-state index < -0.39 is 0 Å². The van der Waals surface area contributed by atoms with E-state index in [-0.39, 0.29) is 11.8 Å². The SMILES string of the molecule is C=C(c1ccc(N(C)C(=O)c2ccc3[nH]ccc3c2)cc1)c1ccc(N(C)C(=O)c2ccc3[nH]ccc3c2)cc1. The number of amides is 2. The van der Waals surface area contributed by atoms with Crippen LogP contribution >= 0.6 is 0 Å². The number of aromatic nitrogens is 2. The van der Waals surface area contributed by atoms with E-state index in [0.717, 1.165) is 49.9 Å². The topological polar surface area (TPSA) is 72.2 Å². The van der Waals surface area contributed by atoms with E-state index in [1.807, 2.05) is 109 Å². The summed E-state index contributed by atoms with van der Waals surface area (Å²) in [6.45, 7) is 4.29. The zero-order valence-corrected chi connectivity index (χ0v) is 22.3. The van der Waals surface area contributed by atoms with Gasteiger partial charge >= 0.3 is 0 Å². The van der Waals surface area contributed by atoms with Crippen molar-refractivity contribution in [2.75, 3.05) is 23.9 Å². The molecule has 0 spiro atoms. The zero-order valence-electron chi connectivity index (χ0n) is 22.3. The van der Waals surface area contributed by atoms with Crippen LogP contribution in [0, 0.1) is 0 Å². The quantitative estimate of drug-likeness (QED) is 0.241. The van der Waals surface area contributed by atoms with Crippen molar-refractivity contribution in [1.82, 2.24) is 9.97 Å². The van der Waals surface area contributed by atoms with Crippen molar-refractivity contribution >= 4 is 50.6 Å². The Kier molecular flexibility index (Phi) is 6.28. The Bertz CT molecular complexity index is 1740. The van der Waals surface area contributed by atoms with Crippen molar-refractivity contribution < 1.29 is 9.59 Å². The van der Waals surface area contributed by atoms with Crippen LogP contribution < -0.4 is 9.80 Å². The molecular formula is C34H28N4O2. The highest BCUT2D eigenvalue weighted by Gasteiger charge is 2.16. The van der Waals surface area contributed by atoms with Crippen LogP contribution in [-0.2, 0) is 0 Å². The number of rotatable bonds is 6. The average molecular weight is 525 g/mol. The van der Waals surface area contributed by atoms with Gasteiger partial charge in [0.05, 0.1) is 0 Å². The molecule has 0 saturated heterocycles. The smallest absolute Gasteiger partial charge is 0.258 e. The molecule has 0 aliphatic rings. The molecule has 0 fully saturated rings. The maximum Gasteiger partial charge on any atom is 0.258 e. The number of nitrogens with one attached hydrogen (secondary N) is 2. The molecule has 0 aliphatic carbocycles. The van der Waals surface area contributed by atoms with Gasteiger partial charge in [-0.25, -0.2) is 0 Å². The second-order valence-corrected chi connectivity index (χ2v) is 9.86. The number of hydrogen-bond donors (Lipinski definition) is 2. The van der Waals surface area contributed by atoms with E-state index in [2.05, 4.69) is 16.5 Å². The fraction of sp³-hybridized carbons (Fsp3) is 0.0588. The summed E-state index contributed by atoms with van der Waals surface area (Å²) in [4.78, 5) is 35.8. The van der Waals surface area contributed by atoms with Gasteiger partial charge in [-0.1, -0.05) is 30.8 Å². The number of fused-ring (bicyclic) bond motifs is 2. The summed E-state index contributed by atoms with van der Waals surface area (Å²) >= 11 is 0. The average Bonchev–Trinajstić information content (AvgIpc) is 3.68. The van der Waals surface area contributed by atoms with Crippen LogP contribution in [0.15, 0.2) is 116 Å². The molecule has 0 saturated carbocycles. The lowest BCUT2D eigenvalue weighted by atomic mass is 9.99. The Labute approximate surface area is 232 Å². The molecule has 196 valence electrons. The summed E-state index contributed by atoms with van der Waals surface area (Å²) in [5.74, 6) is -0.145. The van der Waals surface area contributed by atoms with Crippen molar-refractivity contribution in [3.05, 3.63) is 138 Å². The number of H-pyrrole nitrogens is 2. The molecule has 0 radical (unpaired) electrons. The van der Waals surface area contributed by atoms with Crippen LogP contribution in [-0.4, -0.2) is 35.9 Å². The van der Waals surface area contributed by atoms with Crippen molar-refractivity contribution in [3.8, 4) is 0 Å². The first-order valence-corrected chi connectivity index (χ1v) is 13.0. The standard InChI is InChI=1S/C34H28N4O2/c1-22(23-4-10-29(11-5-23)37(2)33(39)27-8-14-31-25(20-27)16-18-35-31)24-6-12-30(13-7-24)38(3)34(40)28-9-15-32-26(21-28)17-19-36-32/h4-21,35-36H,1H2,2-3H3. The van der Waals surface area contributed by atoms with Crippen LogP contribution in [0.25, 0.3) is 27.4 Å². The first kappa shape index (κ1) is 24.9. The Morgan fingerprint density at radius 3 is 1.32 bits per heavy atom. The fourth-order valence-corrected chi connectivity index (χ4v) is 4.93. The molecule has 40 heavy (non-hydrogen) atoms. The maximum atomic E-state index is 13.1. The minimum Gasteiger partial charge on any atom is -0.361 e. The summed E-state index contributed by atoms with van der Waals surface area (Å²) < 4.78 is 0. The molecule has 2 heterocycles. The minimum absolute atomic E-state index is 0.0723. The molecule has 6 nitrogen and oxygen atoms in total. The Hall–Kier alpha value is -5.36. The fourth-order valence-electron chi connectivity index (χ4n) is 4.93. The lowest BCUT2D eigenvalue weighted by Crippen LogP contribution is -2.26. The minimum atomic E-state index is -0.0723. The predicted molar refractivity (Wildman–Crippen MR) is 163 cm³/mol. The van der Waals surface area contributed by atoms with Crippen LogP contribution in [0.4, 0.5) is 11.4 Å². The van der Waals surface area contributed by atoms with E-state index in [1.54, 1.807) is 23.9 Å². The van der Waals surface area contributed by atoms with Gasteiger partial charge in [0.1, 0.15) is 0 Å². The number of benzene rings is 4. The Morgan fingerprint density at radius 2 is 0.925 bits per heavy atom. The molecule has 0 unspecified atom stereocenters. The maximum absolute atomic E-state index is 13.1. The van der Waals surface area contributed by atoms with Crippen molar-refractivity contribution in [2.24, 2.45) is 0 Å². The van der Waals surface area contributed by atoms with Gasteiger partial charge in [0.2, 0.25) is 0 Å². The highest BCUT2D eigenvalue weighted by Crippen LogP contribution is 2.27. The molecule has 6 heteroatoms. The first-order chi connectivity index (χ1) is 19.4. The van der Waals surface area contributed by atoms with Gasteiger partial charge in [0.15, 0.2) is 0 Å². The highest BCUT2D eigenvalue weighted by molar-refractivity contribution is 6.08. The molecule has 6 aromatic rings. The molecule has 0 atom stereocenters.